The molecule has 0 bridgehead atoms. The van der Waals surface area contributed by atoms with Gasteiger partial charge in [0, 0.05) is 19.6 Å². The van der Waals surface area contributed by atoms with Crippen LogP contribution in [0.15, 0.2) is 18.2 Å². The smallest absolute Gasteiger partial charge is 0.384 e. The third-order valence-electron chi connectivity index (χ3n) is 3.20. The lowest BCUT2D eigenvalue weighted by molar-refractivity contribution is -0.137. The summed E-state index contributed by atoms with van der Waals surface area (Å²) in [6, 6.07) is 3.71. The molecule has 0 radical (unpaired) electrons. The second kappa shape index (κ2) is 7.33. The summed E-state index contributed by atoms with van der Waals surface area (Å²) in [6.45, 7) is 6.75. The quantitative estimate of drug-likeness (QED) is 0.861. The maximum Gasteiger partial charge on any atom is 0.418 e. The van der Waals surface area contributed by atoms with Gasteiger partial charge >= 0.3 is 6.18 Å². The molecule has 21 heavy (non-hydrogen) atoms. The van der Waals surface area contributed by atoms with Gasteiger partial charge in [-0.25, -0.2) is 0 Å². The summed E-state index contributed by atoms with van der Waals surface area (Å²) >= 11 is 0. The fourth-order valence-electron chi connectivity index (χ4n) is 2.09. The zero-order valence-electron chi connectivity index (χ0n) is 12.5. The molecule has 0 spiro atoms. The minimum absolute atomic E-state index is 0.0713. The van der Waals surface area contributed by atoms with Crippen molar-refractivity contribution in [3.8, 4) is 0 Å². The van der Waals surface area contributed by atoms with Gasteiger partial charge in [0.05, 0.1) is 16.8 Å². The van der Waals surface area contributed by atoms with Gasteiger partial charge in [0.25, 0.3) is 5.91 Å². The Bertz CT molecular complexity index is 482. The lowest BCUT2D eigenvalue weighted by atomic mass is 10.0. The van der Waals surface area contributed by atoms with Crippen molar-refractivity contribution in [2.75, 3.05) is 25.0 Å². The minimum Gasteiger partial charge on any atom is -0.384 e. The standard InChI is InChI=1S/C15H21F3N2O/c1-4-10-19-13-11(14(21)20(5-2)6-3)8-7-9-12(13)15(16,17)18/h7-9,19H,4-6,10H2,1-3H3. The zero-order valence-corrected chi connectivity index (χ0v) is 12.5. The van der Waals surface area contributed by atoms with Crippen molar-refractivity contribution in [3.05, 3.63) is 29.3 Å². The van der Waals surface area contributed by atoms with E-state index in [1.165, 1.54) is 17.0 Å². The van der Waals surface area contributed by atoms with Crippen LogP contribution in [0.4, 0.5) is 18.9 Å². The minimum atomic E-state index is -4.49. The number of para-hydroxylation sites is 1. The zero-order chi connectivity index (χ0) is 16.0. The summed E-state index contributed by atoms with van der Waals surface area (Å²) in [4.78, 5) is 13.9. The Morgan fingerprint density at radius 2 is 1.81 bits per heavy atom. The van der Waals surface area contributed by atoms with Gasteiger partial charge in [0.1, 0.15) is 0 Å². The summed E-state index contributed by atoms with van der Waals surface area (Å²) in [5.74, 6) is -0.385. The summed E-state index contributed by atoms with van der Waals surface area (Å²) in [5, 5.41) is 2.75. The number of amides is 1. The predicted octanol–water partition coefficient (Wildman–Crippen LogP) is 4.01. The number of alkyl halides is 3. The number of rotatable bonds is 6. The maximum absolute atomic E-state index is 13.1. The van der Waals surface area contributed by atoms with E-state index in [4.69, 9.17) is 0 Å². The van der Waals surface area contributed by atoms with Crippen LogP contribution >= 0.6 is 0 Å². The Morgan fingerprint density at radius 1 is 1.19 bits per heavy atom. The van der Waals surface area contributed by atoms with Crippen LogP contribution in [0.2, 0.25) is 0 Å². The lowest BCUT2D eigenvalue weighted by Crippen LogP contribution is -2.31. The number of nitrogens with one attached hydrogen (secondary N) is 1. The first-order chi connectivity index (χ1) is 9.86. The summed E-state index contributed by atoms with van der Waals surface area (Å²) < 4.78 is 39.4. The molecule has 0 aliphatic heterocycles. The largest absolute Gasteiger partial charge is 0.418 e. The van der Waals surface area contributed by atoms with Crippen LogP contribution in [-0.4, -0.2) is 30.4 Å². The Kier molecular flexibility index (Phi) is 6.05. The first-order valence-corrected chi connectivity index (χ1v) is 7.10. The molecule has 0 saturated carbocycles. The van der Waals surface area contributed by atoms with Crippen molar-refractivity contribution in [1.82, 2.24) is 4.90 Å². The van der Waals surface area contributed by atoms with E-state index in [9.17, 15) is 18.0 Å². The highest BCUT2D eigenvalue weighted by Crippen LogP contribution is 2.37. The number of carbonyl (C=O) groups excluding carboxylic acids is 1. The third kappa shape index (κ3) is 4.12. The van der Waals surface area contributed by atoms with Crippen molar-refractivity contribution in [2.45, 2.75) is 33.4 Å². The van der Waals surface area contributed by atoms with Crippen LogP contribution in [0.3, 0.4) is 0 Å². The second-order valence-corrected chi connectivity index (χ2v) is 4.63. The Hall–Kier alpha value is -1.72. The highest BCUT2D eigenvalue weighted by molar-refractivity contribution is 6.00. The normalized spacial score (nSPS) is 11.3. The Balaban J connectivity index is 3.33. The van der Waals surface area contributed by atoms with E-state index < -0.39 is 11.7 Å². The molecule has 0 aliphatic rings. The molecule has 0 fully saturated rings. The molecule has 6 heteroatoms. The molecule has 1 N–H and O–H groups in total. The molecule has 0 aliphatic carbocycles. The average Bonchev–Trinajstić information content (AvgIpc) is 2.44. The summed E-state index contributed by atoms with van der Waals surface area (Å²) in [7, 11) is 0. The first-order valence-electron chi connectivity index (χ1n) is 7.10. The van der Waals surface area contributed by atoms with Gasteiger partial charge in [-0.15, -0.1) is 0 Å². The molecule has 0 saturated heterocycles. The predicted molar refractivity (Wildman–Crippen MR) is 77.5 cm³/mol. The SMILES string of the molecule is CCCNc1c(C(=O)N(CC)CC)cccc1C(F)(F)F. The van der Waals surface area contributed by atoms with Gasteiger partial charge in [-0.2, -0.15) is 13.2 Å². The fraction of sp³-hybridized carbons (Fsp3) is 0.533. The maximum atomic E-state index is 13.1. The van der Waals surface area contributed by atoms with Crippen LogP contribution in [0.1, 0.15) is 43.1 Å². The van der Waals surface area contributed by atoms with Crippen molar-refractivity contribution >= 4 is 11.6 Å². The van der Waals surface area contributed by atoms with Crippen LogP contribution < -0.4 is 5.32 Å². The average molecular weight is 302 g/mol. The summed E-state index contributed by atoms with van der Waals surface area (Å²) in [5.41, 5.74) is -0.848. The molecule has 1 aromatic rings. The van der Waals surface area contributed by atoms with Crippen molar-refractivity contribution < 1.29 is 18.0 Å². The topological polar surface area (TPSA) is 32.3 Å². The van der Waals surface area contributed by atoms with Gasteiger partial charge in [0.15, 0.2) is 0 Å². The van der Waals surface area contributed by atoms with Crippen LogP contribution in [0, 0.1) is 0 Å². The summed E-state index contributed by atoms with van der Waals surface area (Å²) in [6.07, 6.45) is -3.82. The number of halogens is 3. The van der Waals surface area contributed by atoms with Gasteiger partial charge in [-0.1, -0.05) is 13.0 Å². The molecule has 1 amide bonds. The fourth-order valence-corrected chi connectivity index (χ4v) is 2.09. The van der Waals surface area contributed by atoms with Gasteiger partial charge in [0.2, 0.25) is 0 Å². The molecule has 0 atom stereocenters. The lowest BCUT2D eigenvalue weighted by Gasteiger charge is -2.23. The second-order valence-electron chi connectivity index (χ2n) is 4.63. The Morgan fingerprint density at radius 3 is 2.29 bits per heavy atom. The molecule has 118 valence electrons. The molecule has 1 rings (SSSR count). The number of hydrogen-bond donors (Lipinski definition) is 1. The van der Waals surface area contributed by atoms with Crippen molar-refractivity contribution in [3.63, 3.8) is 0 Å². The number of anilines is 1. The monoisotopic (exact) mass is 302 g/mol. The van der Waals surface area contributed by atoms with Gasteiger partial charge in [-0.05, 0) is 32.4 Å². The number of nitrogens with zero attached hydrogens (tertiary/aromatic N) is 1. The Labute approximate surface area is 123 Å². The molecule has 0 heterocycles. The number of benzene rings is 1. The number of hydrogen-bond acceptors (Lipinski definition) is 2. The molecule has 3 nitrogen and oxygen atoms in total. The molecular formula is C15H21F3N2O. The molecule has 0 aromatic heterocycles. The van der Waals surface area contributed by atoms with Gasteiger partial charge in [-0.3, -0.25) is 4.79 Å². The first kappa shape index (κ1) is 17.3. The van der Waals surface area contributed by atoms with Gasteiger partial charge < -0.3 is 10.2 Å². The van der Waals surface area contributed by atoms with E-state index in [-0.39, 0.29) is 17.2 Å². The van der Waals surface area contributed by atoms with E-state index >= 15 is 0 Å². The van der Waals surface area contributed by atoms with E-state index in [1.807, 2.05) is 6.92 Å². The van der Waals surface area contributed by atoms with Crippen LogP contribution in [0.25, 0.3) is 0 Å². The van der Waals surface area contributed by atoms with E-state index in [2.05, 4.69) is 5.32 Å². The molecular weight excluding hydrogens is 281 g/mol. The van der Waals surface area contributed by atoms with E-state index in [0.717, 1.165) is 6.07 Å². The number of carbonyl (C=O) groups is 1. The van der Waals surface area contributed by atoms with Crippen LogP contribution in [0.5, 0.6) is 0 Å². The van der Waals surface area contributed by atoms with E-state index in [1.54, 1.807) is 13.8 Å². The third-order valence-corrected chi connectivity index (χ3v) is 3.20. The van der Waals surface area contributed by atoms with E-state index in [0.29, 0.717) is 26.1 Å². The highest BCUT2D eigenvalue weighted by Gasteiger charge is 2.35. The highest BCUT2D eigenvalue weighted by atomic mass is 19.4. The van der Waals surface area contributed by atoms with Crippen molar-refractivity contribution in [1.29, 1.82) is 0 Å². The van der Waals surface area contributed by atoms with Crippen LogP contribution in [-0.2, 0) is 6.18 Å². The van der Waals surface area contributed by atoms with Crippen molar-refractivity contribution in [2.24, 2.45) is 0 Å². The molecule has 0 unspecified atom stereocenters. The molecule has 1 aromatic carbocycles.